The summed E-state index contributed by atoms with van der Waals surface area (Å²) in [6.07, 6.45) is 1.48. The van der Waals surface area contributed by atoms with Crippen molar-refractivity contribution in [3.63, 3.8) is 0 Å². The van der Waals surface area contributed by atoms with Gasteiger partial charge >= 0.3 is 0 Å². The van der Waals surface area contributed by atoms with E-state index in [-0.39, 0.29) is 5.76 Å². The Morgan fingerprint density at radius 1 is 1.53 bits per heavy atom. The lowest BCUT2D eigenvalue weighted by atomic mass is 9.91. The van der Waals surface area contributed by atoms with E-state index in [9.17, 15) is 5.11 Å². The van der Waals surface area contributed by atoms with Crippen molar-refractivity contribution in [3.8, 4) is 12.1 Å². The molecule has 1 aromatic rings. The van der Waals surface area contributed by atoms with Crippen molar-refractivity contribution in [2.75, 3.05) is 0 Å². The van der Waals surface area contributed by atoms with Crippen LogP contribution in [0.1, 0.15) is 31.2 Å². The fraction of sp³-hybridized carbons (Fsp3) is 0.417. The third-order valence-corrected chi connectivity index (χ3v) is 2.36. The molecule has 0 aliphatic rings. The zero-order valence-corrected chi connectivity index (χ0v) is 9.71. The summed E-state index contributed by atoms with van der Waals surface area (Å²) in [7, 11) is 0. The first-order valence-corrected chi connectivity index (χ1v) is 5.05. The van der Waals surface area contributed by atoms with Crippen LogP contribution in [0.5, 0.6) is 0 Å². The van der Waals surface area contributed by atoms with Gasteiger partial charge in [-0.15, -0.1) is 6.58 Å². The van der Waals surface area contributed by atoms with Crippen LogP contribution in [0.15, 0.2) is 23.2 Å². The summed E-state index contributed by atoms with van der Waals surface area (Å²) in [5.41, 5.74) is -0.726. The number of hydrogen-bond acceptors (Lipinski definition) is 5. The van der Waals surface area contributed by atoms with Crippen LogP contribution in [0.4, 0.5) is 0 Å². The van der Waals surface area contributed by atoms with Gasteiger partial charge in [0.2, 0.25) is 0 Å². The highest BCUT2D eigenvalue weighted by molar-refractivity contribution is 5.25. The number of allylic oxidation sites excluding steroid dienone is 1. The average molecular weight is 231 g/mol. The molecule has 0 aromatic carbocycles. The predicted molar refractivity (Wildman–Crippen MR) is 59.4 cm³/mol. The van der Waals surface area contributed by atoms with Crippen LogP contribution >= 0.6 is 0 Å². The molecule has 0 saturated carbocycles. The molecule has 1 rings (SSSR count). The molecule has 1 heterocycles. The molecule has 1 aromatic heterocycles. The summed E-state index contributed by atoms with van der Waals surface area (Å²) >= 11 is 0. The van der Waals surface area contributed by atoms with E-state index in [0.29, 0.717) is 5.69 Å². The Balaban J connectivity index is 3.08. The van der Waals surface area contributed by atoms with Gasteiger partial charge in [0.15, 0.2) is 5.76 Å². The molecule has 5 nitrogen and oxygen atoms in total. The van der Waals surface area contributed by atoms with Gasteiger partial charge in [0.05, 0.1) is 23.8 Å². The second-order valence-electron chi connectivity index (χ2n) is 4.17. The Hall–Kier alpha value is -2.11. The minimum absolute atomic E-state index is 0.286. The second-order valence-corrected chi connectivity index (χ2v) is 4.17. The van der Waals surface area contributed by atoms with E-state index in [1.807, 2.05) is 12.1 Å². The second kappa shape index (κ2) is 4.82. The quantitative estimate of drug-likeness (QED) is 0.798. The highest BCUT2D eigenvalue weighted by Crippen LogP contribution is 2.28. The zero-order valence-electron chi connectivity index (χ0n) is 9.71. The van der Waals surface area contributed by atoms with E-state index in [1.165, 1.54) is 12.1 Å². The summed E-state index contributed by atoms with van der Waals surface area (Å²) in [5.74, 6) is -1.11. The number of nitriles is 2. The molecule has 0 spiro atoms. The molecule has 0 aliphatic heterocycles. The number of rotatable bonds is 4. The molecule has 0 aliphatic carbocycles. The van der Waals surface area contributed by atoms with Crippen molar-refractivity contribution >= 4 is 0 Å². The van der Waals surface area contributed by atoms with Crippen LogP contribution in [0.3, 0.4) is 0 Å². The number of hydrogen-bond donors (Lipinski definition) is 1. The zero-order chi connectivity index (χ0) is 13.1. The molecule has 0 bridgehead atoms. The largest absolute Gasteiger partial charge is 0.382 e. The van der Waals surface area contributed by atoms with Crippen molar-refractivity contribution < 1.29 is 9.63 Å². The number of aromatic nitrogens is 1. The maximum absolute atomic E-state index is 9.72. The van der Waals surface area contributed by atoms with Crippen molar-refractivity contribution in [1.82, 2.24) is 5.16 Å². The summed E-state index contributed by atoms with van der Waals surface area (Å²) in [6, 6.07) is 5.28. The molecule has 1 atom stereocenters. The van der Waals surface area contributed by atoms with Crippen molar-refractivity contribution in [1.29, 1.82) is 10.5 Å². The van der Waals surface area contributed by atoms with Crippen LogP contribution in [-0.2, 0) is 5.60 Å². The highest BCUT2D eigenvalue weighted by Gasteiger charge is 2.27. The van der Waals surface area contributed by atoms with E-state index < -0.39 is 17.4 Å². The topological polar surface area (TPSA) is 93.8 Å². The summed E-state index contributed by atoms with van der Waals surface area (Å²) in [4.78, 5) is 0. The smallest absolute Gasteiger partial charge is 0.167 e. The van der Waals surface area contributed by atoms with E-state index >= 15 is 0 Å². The molecule has 0 fully saturated rings. The van der Waals surface area contributed by atoms with Gasteiger partial charge in [-0.05, 0) is 13.8 Å². The fourth-order valence-electron chi connectivity index (χ4n) is 1.35. The molecule has 1 N–H and O–H groups in total. The normalized spacial score (nSPS) is 12.8. The van der Waals surface area contributed by atoms with Gasteiger partial charge in [-0.1, -0.05) is 11.2 Å². The molecular weight excluding hydrogens is 218 g/mol. The van der Waals surface area contributed by atoms with E-state index in [1.54, 1.807) is 13.8 Å². The third kappa shape index (κ3) is 2.72. The molecule has 0 radical (unpaired) electrons. The first-order chi connectivity index (χ1) is 7.93. The maximum atomic E-state index is 9.72. The van der Waals surface area contributed by atoms with E-state index in [4.69, 9.17) is 15.0 Å². The molecule has 88 valence electrons. The summed E-state index contributed by atoms with van der Waals surface area (Å²) < 4.78 is 4.98. The van der Waals surface area contributed by atoms with Crippen LogP contribution in [-0.4, -0.2) is 10.3 Å². The minimum Gasteiger partial charge on any atom is -0.382 e. The Morgan fingerprint density at radius 2 is 2.12 bits per heavy atom. The standard InChI is InChI=1S/C12H13N3O2/c1-4-9(8(6-13)7-14)10-5-11(17-15-10)12(2,3)16/h4-5,8-9,16H,1H2,2-3H3. The predicted octanol–water partition coefficient (Wildman–Crippen LogP) is 1.83. The molecule has 5 heteroatoms. The van der Waals surface area contributed by atoms with Crippen molar-refractivity contribution in [2.45, 2.75) is 25.4 Å². The van der Waals surface area contributed by atoms with Crippen molar-refractivity contribution in [2.24, 2.45) is 5.92 Å². The summed E-state index contributed by atoms with van der Waals surface area (Å²) in [5, 5.41) is 31.1. The number of nitrogens with zero attached hydrogens (tertiary/aromatic N) is 3. The van der Waals surface area contributed by atoms with Gasteiger partial charge < -0.3 is 9.63 Å². The van der Waals surface area contributed by atoms with E-state index in [2.05, 4.69) is 11.7 Å². The van der Waals surface area contributed by atoms with Gasteiger partial charge in [-0.25, -0.2) is 0 Å². The molecule has 0 amide bonds. The van der Waals surface area contributed by atoms with Gasteiger partial charge in [0, 0.05) is 6.07 Å². The lowest BCUT2D eigenvalue weighted by Gasteiger charge is -2.11. The first-order valence-electron chi connectivity index (χ1n) is 5.05. The molecule has 0 saturated heterocycles. The summed E-state index contributed by atoms with van der Waals surface area (Å²) in [6.45, 7) is 6.70. The third-order valence-electron chi connectivity index (χ3n) is 2.36. The lowest BCUT2D eigenvalue weighted by Crippen LogP contribution is -2.14. The fourth-order valence-corrected chi connectivity index (χ4v) is 1.35. The van der Waals surface area contributed by atoms with Gasteiger partial charge in [0.1, 0.15) is 11.5 Å². The van der Waals surface area contributed by atoms with E-state index in [0.717, 1.165) is 0 Å². The SMILES string of the molecule is C=CC(c1cc(C(C)(C)O)on1)C(C#N)C#N. The molecule has 1 unspecified atom stereocenters. The van der Waals surface area contributed by atoms with Gasteiger partial charge in [0.25, 0.3) is 0 Å². The molecular formula is C12H13N3O2. The average Bonchev–Trinajstić information content (AvgIpc) is 2.74. The Morgan fingerprint density at radius 3 is 2.47 bits per heavy atom. The number of aliphatic hydroxyl groups is 1. The van der Waals surface area contributed by atoms with Gasteiger partial charge in [-0.3, -0.25) is 0 Å². The Kier molecular flexibility index (Phi) is 3.67. The first kappa shape index (κ1) is 13.0. The molecule has 17 heavy (non-hydrogen) atoms. The Labute approximate surface area is 99.6 Å². The van der Waals surface area contributed by atoms with Crippen LogP contribution in [0, 0.1) is 28.6 Å². The maximum Gasteiger partial charge on any atom is 0.167 e. The Bertz CT molecular complexity index is 471. The van der Waals surface area contributed by atoms with Crippen LogP contribution in [0.25, 0.3) is 0 Å². The lowest BCUT2D eigenvalue weighted by molar-refractivity contribution is 0.0474. The minimum atomic E-state index is -1.15. The van der Waals surface area contributed by atoms with Gasteiger partial charge in [-0.2, -0.15) is 10.5 Å². The monoisotopic (exact) mass is 231 g/mol. The van der Waals surface area contributed by atoms with Crippen molar-refractivity contribution in [3.05, 3.63) is 30.2 Å². The van der Waals surface area contributed by atoms with Crippen LogP contribution < -0.4 is 0 Å². The van der Waals surface area contributed by atoms with Crippen LogP contribution in [0.2, 0.25) is 0 Å². The highest BCUT2D eigenvalue weighted by atomic mass is 16.5.